The molecule has 0 aromatic heterocycles. The van der Waals surface area contributed by atoms with Crippen molar-refractivity contribution in [2.24, 2.45) is 5.92 Å². The third-order valence-corrected chi connectivity index (χ3v) is 6.21. The Balaban J connectivity index is 1.62. The van der Waals surface area contributed by atoms with E-state index in [4.69, 9.17) is 17.0 Å². The predicted octanol–water partition coefficient (Wildman–Crippen LogP) is 5.45. The number of rotatable bonds is 10. The van der Waals surface area contributed by atoms with Crippen molar-refractivity contribution in [3.8, 4) is 0 Å². The molecule has 1 N–H and O–H groups in total. The highest BCUT2D eigenvalue weighted by atomic mass is 32.1. The molecule has 0 unspecified atom stereocenters. The number of nitrogens with one attached hydrogen (secondary N) is 1. The van der Waals surface area contributed by atoms with E-state index in [-0.39, 0.29) is 12.1 Å². The summed E-state index contributed by atoms with van der Waals surface area (Å²) >= 11 is 5.51. The summed E-state index contributed by atoms with van der Waals surface area (Å²) in [6.45, 7) is 4.45. The van der Waals surface area contributed by atoms with Crippen molar-refractivity contribution in [3.05, 3.63) is 0 Å². The fourth-order valence-corrected chi connectivity index (χ4v) is 4.55. The lowest BCUT2D eigenvalue weighted by atomic mass is 9.86. The number of urea groups is 1. The molecule has 5 heteroatoms. The van der Waals surface area contributed by atoms with Crippen molar-refractivity contribution in [2.75, 3.05) is 19.7 Å². The third-order valence-electron chi connectivity index (χ3n) is 5.82. The number of amides is 2. The number of unbranched alkanes of at least 4 members (excludes halogenated alkanes) is 3. The van der Waals surface area contributed by atoms with Crippen molar-refractivity contribution in [1.29, 1.82) is 0 Å². The zero-order valence-corrected chi connectivity index (χ0v) is 17.5. The van der Waals surface area contributed by atoms with Crippen LogP contribution in [0.25, 0.3) is 0 Å². The van der Waals surface area contributed by atoms with Gasteiger partial charge in [0, 0.05) is 13.1 Å². The van der Waals surface area contributed by atoms with Crippen LogP contribution in [-0.4, -0.2) is 41.7 Å². The molecule has 0 bridgehead atoms. The number of hydrogen-bond donors (Lipinski definition) is 1. The molecule has 1 aliphatic heterocycles. The van der Waals surface area contributed by atoms with E-state index in [2.05, 4.69) is 12.2 Å². The number of nitrogens with zero attached hydrogens (tertiary/aromatic N) is 1. The summed E-state index contributed by atoms with van der Waals surface area (Å²) < 4.78 is 5.86. The van der Waals surface area contributed by atoms with E-state index in [1.165, 1.54) is 57.8 Å². The third kappa shape index (κ3) is 7.42. The average molecular weight is 383 g/mol. The van der Waals surface area contributed by atoms with E-state index in [0.717, 1.165) is 44.7 Å². The second-order valence-electron chi connectivity index (χ2n) is 7.96. The lowest BCUT2D eigenvalue weighted by molar-refractivity contribution is 0.193. The van der Waals surface area contributed by atoms with Crippen molar-refractivity contribution >= 4 is 23.3 Å². The van der Waals surface area contributed by atoms with Gasteiger partial charge in [-0.25, -0.2) is 4.79 Å². The minimum atomic E-state index is -0.0182. The van der Waals surface area contributed by atoms with Gasteiger partial charge in [0.05, 0.1) is 6.61 Å². The van der Waals surface area contributed by atoms with Gasteiger partial charge in [-0.15, -0.1) is 0 Å². The van der Waals surface area contributed by atoms with Crippen LogP contribution >= 0.6 is 12.2 Å². The van der Waals surface area contributed by atoms with E-state index < -0.39 is 0 Å². The van der Waals surface area contributed by atoms with Gasteiger partial charge in [0.15, 0.2) is 5.05 Å². The molecular formula is C21H38N2O2S. The van der Waals surface area contributed by atoms with Gasteiger partial charge in [0.25, 0.3) is 0 Å². The molecule has 1 saturated heterocycles. The minimum absolute atomic E-state index is 0.0182. The lowest BCUT2D eigenvalue weighted by Crippen LogP contribution is -2.46. The number of thiocarbonyl (C=S) groups is 1. The zero-order chi connectivity index (χ0) is 18.6. The molecule has 0 spiro atoms. The van der Waals surface area contributed by atoms with Crippen LogP contribution in [-0.2, 0) is 4.74 Å². The summed E-state index contributed by atoms with van der Waals surface area (Å²) in [6.07, 6.45) is 16.0. The SMILES string of the molecule is CCCCCCNC(=O)N1CCC[C@H]1C(=S)OCCCC1CCCCC1. The molecule has 4 nitrogen and oxygen atoms in total. The van der Waals surface area contributed by atoms with Crippen molar-refractivity contribution < 1.29 is 9.53 Å². The van der Waals surface area contributed by atoms with Crippen LogP contribution in [0.5, 0.6) is 0 Å². The van der Waals surface area contributed by atoms with Gasteiger partial charge in [0.1, 0.15) is 6.04 Å². The van der Waals surface area contributed by atoms with E-state index in [1.54, 1.807) is 0 Å². The summed E-state index contributed by atoms with van der Waals surface area (Å²) in [4.78, 5) is 14.3. The van der Waals surface area contributed by atoms with Gasteiger partial charge < -0.3 is 15.0 Å². The van der Waals surface area contributed by atoms with Crippen LogP contribution < -0.4 is 5.32 Å². The second kappa shape index (κ2) is 12.5. The summed E-state index contributed by atoms with van der Waals surface area (Å²) in [5.74, 6) is 0.891. The van der Waals surface area contributed by atoms with E-state index in [1.807, 2.05) is 4.90 Å². The molecule has 26 heavy (non-hydrogen) atoms. The van der Waals surface area contributed by atoms with Crippen molar-refractivity contribution in [1.82, 2.24) is 10.2 Å². The Labute approximate surface area is 165 Å². The first-order valence-electron chi connectivity index (χ1n) is 10.9. The largest absolute Gasteiger partial charge is 0.485 e. The summed E-state index contributed by atoms with van der Waals surface area (Å²) in [7, 11) is 0. The Hall–Kier alpha value is -0.840. The van der Waals surface area contributed by atoms with Gasteiger partial charge in [0.2, 0.25) is 0 Å². The molecule has 2 fully saturated rings. The van der Waals surface area contributed by atoms with Gasteiger partial charge in [-0.1, -0.05) is 58.3 Å². The first-order valence-corrected chi connectivity index (χ1v) is 11.3. The van der Waals surface area contributed by atoms with Crippen LogP contribution in [0.3, 0.4) is 0 Å². The number of likely N-dealkylation sites (tertiary alicyclic amines) is 1. The molecule has 1 saturated carbocycles. The quantitative estimate of drug-likeness (QED) is 0.404. The number of carbonyl (C=O) groups is 1. The van der Waals surface area contributed by atoms with Gasteiger partial charge in [-0.2, -0.15) is 0 Å². The molecular weight excluding hydrogens is 344 g/mol. The maximum Gasteiger partial charge on any atom is 0.318 e. The molecule has 1 atom stereocenters. The second-order valence-corrected chi connectivity index (χ2v) is 8.36. The molecule has 1 aliphatic carbocycles. The Morgan fingerprint density at radius 1 is 1.08 bits per heavy atom. The number of carbonyl (C=O) groups excluding carboxylic acids is 1. The smallest absolute Gasteiger partial charge is 0.318 e. The van der Waals surface area contributed by atoms with Gasteiger partial charge in [-0.05, 0) is 50.2 Å². The Bertz CT molecular complexity index is 424. The highest BCUT2D eigenvalue weighted by molar-refractivity contribution is 7.80. The van der Waals surface area contributed by atoms with Crippen LogP contribution in [0.15, 0.2) is 0 Å². The van der Waals surface area contributed by atoms with E-state index in [9.17, 15) is 4.79 Å². The molecule has 0 aromatic rings. The van der Waals surface area contributed by atoms with Crippen LogP contribution in [0.2, 0.25) is 0 Å². The van der Waals surface area contributed by atoms with Crippen molar-refractivity contribution in [2.45, 2.75) is 96.4 Å². The highest BCUT2D eigenvalue weighted by Gasteiger charge is 2.32. The van der Waals surface area contributed by atoms with Gasteiger partial charge in [-0.3, -0.25) is 0 Å². The summed E-state index contributed by atoms with van der Waals surface area (Å²) in [5, 5.41) is 3.67. The van der Waals surface area contributed by atoms with Crippen LogP contribution in [0.1, 0.15) is 90.4 Å². The first-order chi connectivity index (χ1) is 12.7. The monoisotopic (exact) mass is 382 g/mol. The standard InChI is InChI=1S/C21H38N2O2S/c1-2-3-4-8-15-22-21(24)23-16-9-14-19(23)20(26)25-17-10-13-18-11-6-5-7-12-18/h18-19H,2-17H2,1H3,(H,22,24)/t19-/m0/s1. The van der Waals surface area contributed by atoms with E-state index >= 15 is 0 Å². The lowest BCUT2D eigenvalue weighted by Gasteiger charge is -2.26. The summed E-state index contributed by atoms with van der Waals surface area (Å²) in [6, 6.07) is 0.00692. The van der Waals surface area contributed by atoms with Gasteiger partial charge >= 0.3 is 6.03 Å². The predicted molar refractivity (Wildman–Crippen MR) is 112 cm³/mol. The topological polar surface area (TPSA) is 41.6 Å². The van der Waals surface area contributed by atoms with Crippen molar-refractivity contribution in [3.63, 3.8) is 0 Å². The van der Waals surface area contributed by atoms with Crippen LogP contribution in [0, 0.1) is 5.92 Å². The Morgan fingerprint density at radius 3 is 2.65 bits per heavy atom. The highest BCUT2D eigenvalue weighted by Crippen LogP contribution is 2.27. The fraction of sp³-hybridized carbons (Fsp3) is 0.905. The molecule has 2 rings (SSSR count). The average Bonchev–Trinajstić information content (AvgIpc) is 3.15. The molecule has 150 valence electrons. The molecule has 2 amide bonds. The number of hydrogen-bond acceptors (Lipinski definition) is 3. The first kappa shape index (κ1) is 21.5. The minimum Gasteiger partial charge on any atom is -0.485 e. The maximum absolute atomic E-state index is 12.4. The number of ether oxygens (including phenoxy) is 1. The maximum atomic E-state index is 12.4. The zero-order valence-electron chi connectivity index (χ0n) is 16.6. The fourth-order valence-electron chi connectivity index (χ4n) is 4.22. The Morgan fingerprint density at radius 2 is 1.88 bits per heavy atom. The Kier molecular flexibility index (Phi) is 10.3. The molecule has 0 aromatic carbocycles. The van der Waals surface area contributed by atoms with E-state index in [0.29, 0.717) is 11.7 Å². The molecule has 2 aliphatic rings. The van der Waals surface area contributed by atoms with Crippen LogP contribution in [0.4, 0.5) is 4.79 Å². The molecule has 1 heterocycles. The summed E-state index contributed by atoms with van der Waals surface area (Å²) in [5.41, 5.74) is 0. The molecule has 0 radical (unpaired) electrons. The normalized spacial score (nSPS) is 21.0.